The van der Waals surface area contributed by atoms with Crippen molar-refractivity contribution in [1.82, 2.24) is 10.4 Å². The molecular formula is C28H30N2O6. The summed E-state index contributed by atoms with van der Waals surface area (Å²) in [6.07, 6.45) is 6.80. The molecule has 1 fully saturated rings. The third kappa shape index (κ3) is 6.66. The molecule has 0 spiro atoms. The largest absolute Gasteiger partial charge is 0.363 e. The quantitative estimate of drug-likeness (QED) is 0.402. The van der Waals surface area contributed by atoms with E-state index in [4.69, 9.17) is 9.57 Å². The van der Waals surface area contributed by atoms with Crippen molar-refractivity contribution in [3.63, 3.8) is 0 Å². The van der Waals surface area contributed by atoms with Gasteiger partial charge in [0.25, 0.3) is 11.8 Å². The van der Waals surface area contributed by atoms with Gasteiger partial charge in [0.2, 0.25) is 5.91 Å². The number of benzene rings is 2. The maximum absolute atomic E-state index is 12.4. The lowest BCUT2D eigenvalue weighted by Crippen LogP contribution is -2.32. The second-order valence-electron chi connectivity index (χ2n) is 8.87. The minimum absolute atomic E-state index is 0.0465. The normalized spacial score (nSPS) is 17.6. The third-order valence-electron chi connectivity index (χ3n) is 6.24. The van der Waals surface area contributed by atoms with Crippen LogP contribution in [0.5, 0.6) is 0 Å². The van der Waals surface area contributed by atoms with Crippen molar-refractivity contribution in [3.05, 3.63) is 70.8 Å². The summed E-state index contributed by atoms with van der Waals surface area (Å²) in [7, 11) is 0. The van der Waals surface area contributed by atoms with Crippen molar-refractivity contribution in [2.75, 3.05) is 13.2 Å². The van der Waals surface area contributed by atoms with Crippen LogP contribution >= 0.6 is 0 Å². The second kappa shape index (κ2) is 12.3. The highest BCUT2D eigenvalue weighted by Crippen LogP contribution is 2.31. The summed E-state index contributed by atoms with van der Waals surface area (Å²) in [5.74, 6) is -1.76. The van der Waals surface area contributed by atoms with Crippen molar-refractivity contribution in [2.24, 2.45) is 0 Å². The van der Waals surface area contributed by atoms with Crippen LogP contribution in [0, 0.1) is 0 Å². The molecule has 1 aliphatic carbocycles. The van der Waals surface area contributed by atoms with Crippen molar-refractivity contribution in [3.8, 4) is 0 Å². The SMILES string of the molecule is O=C(COC1Cc2ccccc2/C=C\c2ccccc21)NCCCCCC(=O)ON1C(=O)CCC1=O. The summed E-state index contributed by atoms with van der Waals surface area (Å²) in [6.45, 7) is 0.419. The molecule has 0 saturated carbocycles. The fourth-order valence-electron chi connectivity index (χ4n) is 4.31. The van der Waals surface area contributed by atoms with Gasteiger partial charge in [0.05, 0.1) is 6.10 Å². The number of carbonyl (C=O) groups is 4. The second-order valence-corrected chi connectivity index (χ2v) is 8.87. The van der Waals surface area contributed by atoms with E-state index < -0.39 is 17.8 Å². The summed E-state index contributed by atoms with van der Waals surface area (Å²) < 4.78 is 6.09. The van der Waals surface area contributed by atoms with E-state index in [1.54, 1.807) is 0 Å². The molecule has 2 aliphatic rings. The van der Waals surface area contributed by atoms with Crippen LogP contribution in [0.25, 0.3) is 12.2 Å². The maximum atomic E-state index is 12.4. The number of amides is 3. The first-order valence-electron chi connectivity index (χ1n) is 12.3. The number of ether oxygens (including phenoxy) is 1. The Bertz CT molecular complexity index is 1140. The average Bonchev–Trinajstić information content (AvgIpc) is 3.19. The molecule has 2 aromatic carbocycles. The number of unbranched alkanes of at least 4 members (excludes halogenated alkanes) is 2. The van der Waals surface area contributed by atoms with E-state index in [0.717, 1.165) is 16.7 Å². The van der Waals surface area contributed by atoms with Crippen LogP contribution in [0.3, 0.4) is 0 Å². The lowest BCUT2D eigenvalue weighted by molar-refractivity contribution is -0.197. The number of carbonyl (C=O) groups excluding carboxylic acids is 4. The molecule has 2 aromatic rings. The summed E-state index contributed by atoms with van der Waals surface area (Å²) in [6, 6.07) is 16.2. The predicted molar refractivity (Wildman–Crippen MR) is 133 cm³/mol. The van der Waals surface area contributed by atoms with Crippen molar-refractivity contribution >= 4 is 35.8 Å². The molecule has 0 radical (unpaired) electrons. The Morgan fingerprint density at radius 1 is 0.889 bits per heavy atom. The van der Waals surface area contributed by atoms with Gasteiger partial charge in [0, 0.05) is 32.2 Å². The highest BCUT2D eigenvalue weighted by atomic mass is 16.7. The summed E-state index contributed by atoms with van der Waals surface area (Å²) >= 11 is 0. The van der Waals surface area contributed by atoms with E-state index in [1.807, 2.05) is 36.4 Å². The van der Waals surface area contributed by atoms with E-state index in [1.165, 1.54) is 5.56 Å². The van der Waals surface area contributed by atoms with Gasteiger partial charge in [-0.3, -0.25) is 14.4 Å². The Kier molecular flexibility index (Phi) is 8.62. The maximum Gasteiger partial charge on any atom is 0.333 e. The molecular weight excluding hydrogens is 460 g/mol. The number of hydrogen-bond acceptors (Lipinski definition) is 6. The number of fused-ring (bicyclic) bond motifs is 2. The zero-order valence-corrected chi connectivity index (χ0v) is 20.1. The van der Waals surface area contributed by atoms with Gasteiger partial charge in [-0.1, -0.05) is 67.1 Å². The fraction of sp³-hybridized carbons (Fsp3) is 0.357. The van der Waals surface area contributed by atoms with Crippen LogP contribution in [0.4, 0.5) is 0 Å². The monoisotopic (exact) mass is 490 g/mol. The molecule has 1 saturated heterocycles. The van der Waals surface area contributed by atoms with Gasteiger partial charge in [0.15, 0.2) is 0 Å². The molecule has 4 rings (SSSR count). The fourth-order valence-corrected chi connectivity index (χ4v) is 4.31. The van der Waals surface area contributed by atoms with Gasteiger partial charge < -0.3 is 14.9 Å². The minimum atomic E-state index is -0.605. The van der Waals surface area contributed by atoms with Crippen LogP contribution in [-0.2, 0) is 35.2 Å². The average molecular weight is 491 g/mol. The predicted octanol–water partition coefficient (Wildman–Crippen LogP) is 3.75. The molecule has 1 unspecified atom stereocenters. The molecule has 1 aliphatic heterocycles. The number of imide groups is 1. The lowest BCUT2D eigenvalue weighted by atomic mass is 9.91. The van der Waals surface area contributed by atoms with Crippen LogP contribution in [-0.4, -0.2) is 41.9 Å². The number of hydroxylamine groups is 2. The number of hydrogen-bond donors (Lipinski definition) is 1. The smallest absolute Gasteiger partial charge is 0.333 e. The van der Waals surface area contributed by atoms with E-state index in [-0.39, 0.29) is 37.9 Å². The van der Waals surface area contributed by atoms with Crippen LogP contribution in [0.1, 0.15) is 66.9 Å². The zero-order chi connectivity index (χ0) is 25.3. The number of nitrogens with zero attached hydrogens (tertiary/aromatic N) is 1. The first-order valence-corrected chi connectivity index (χ1v) is 12.3. The van der Waals surface area contributed by atoms with Crippen molar-refractivity contribution in [2.45, 2.75) is 51.0 Å². The van der Waals surface area contributed by atoms with Gasteiger partial charge >= 0.3 is 5.97 Å². The Labute approximate surface area is 210 Å². The van der Waals surface area contributed by atoms with Gasteiger partial charge in [-0.2, -0.15) is 0 Å². The highest BCUT2D eigenvalue weighted by Gasteiger charge is 2.32. The Morgan fingerprint density at radius 2 is 1.58 bits per heavy atom. The first kappa shape index (κ1) is 25.3. The minimum Gasteiger partial charge on any atom is -0.363 e. The molecule has 188 valence electrons. The Balaban J connectivity index is 1.18. The molecule has 0 aromatic heterocycles. The Morgan fingerprint density at radius 3 is 2.39 bits per heavy atom. The standard InChI is InChI=1S/C28H30N2O6/c31-25(29-17-7-1-2-12-28(34)36-30-26(32)15-16-27(30)33)19-35-24-18-22-10-4-3-8-20(22)13-14-21-9-5-6-11-23(21)24/h3-6,8-11,13-14,24H,1-2,7,12,15-19H2,(H,29,31)/b14-13-. The lowest BCUT2D eigenvalue weighted by Gasteiger charge is -2.23. The molecule has 8 heteroatoms. The summed E-state index contributed by atoms with van der Waals surface area (Å²) in [5.41, 5.74) is 4.45. The molecule has 8 nitrogen and oxygen atoms in total. The molecule has 0 bridgehead atoms. The van der Waals surface area contributed by atoms with E-state index in [2.05, 4.69) is 29.6 Å². The molecule has 1 heterocycles. The van der Waals surface area contributed by atoms with Gasteiger partial charge in [-0.25, -0.2) is 4.79 Å². The highest BCUT2D eigenvalue weighted by molar-refractivity contribution is 6.01. The topological polar surface area (TPSA) is 102 Å². The van der Waals surface area contributed by atoms with E-state index in [0.29, 0.717) is 37.3 Å². The van der Waals surface area contributed by atoms with Crippen molar-refractivity contribution < 1.29 is 28.8 Å². The molecule has 1 N–H and O–H groups in total. The summed E-state index contributed by atoms with van der Waals surface area (Å²) in [4.78, 5) is 52.0. The van der Waals surface area contributed by atoms with E-state index >= 15 is 0 Å². The summed E-state index contributed by atoms with van der Waals surface area (Å²) in [5, 5.41) is 3.42. The Hall–Kier alpha value is -3.78. The van der Waals surface area contributed by atoms with Gasteiger partial charge in [-0.15, -0.1) is 5.06 Å². The number of nitrogens with one attached hydrogen (secondary N) is 1. The van der Waals surface area contributed by atoms with Gasteiger partial charge in [0.1, 0.15) is 6.61 Å². The zero-order valence-electron chi connectivity index (χ0n) is 20.1. The number of rotatable bonds is 10. The molecule has 1 atom stereocenters. The first-order chi connectivity index (χ1) is 17.5. The molecule has 36 heavy (non-hydrogen) atoms. The van der Waals surface area contributed by atoms with Gasteiger partial charge in [-0.05, 0) is 35.1 Å². The van der Waals surface area contributed by atoms with Crippen LogP contribution in [0.2, 0.25) is 0 Å². The van der Waals surface area contributed by atoms with E-state index in [9.17, 15) is 19.2 Å². The molecule has 3 amide bonds. The van der Waals surface area contributed by atoms with Crippen LogP contribution < -0.4 is 5.32 Å². The van der Waals surface area contributed by atoms with Crippen LogP contribution in [0.15, 0.2) is 48.5 Å². The van der Waals surface area contributed by atoms with Crippen molar-refractivity contribution in [1.29, 1.82) is 0 Å². The third-order valence-corrected chi connectivity index (χ3v) is 6.24.